The normalized spacial score (nSPS) is 12.8. The molecule has 0 aliphatic heterocycles. The fourth-order valence-corrected chi connectivity index (χ4v) is 1.68. The zero-order chi connectivity index (χ0) is 12.7. The number of aliphatic hydroxyl groups excluding tert-OH is 1. The van der Waals surface area contributed by atoms with E-state index in [-0.39, 0.29) is 0 Å². The lowest BCUT2D eigenvalue weighted by Gasteiger charge is -2.15. The van der Waals surface area contributed by atoms with E-state index in [0.29, 0.717) is 12.5 Å². The van der Waals surface area contributed by atoms with Gasteiger partial charge in [-0.3, -0.25) is 0 Å². The zero-order valence-corrected chi connectivity index (χ0v) is 10.9. The Balaban J connectivity index is 2.43. The molecule has 0 aliphatic rings. The minimum Gasteiger partial charge on any atom is -0.496 e. The maximum Gasteiger partial charge on any atom is 0.124 e. The second-order valence-electron chi connectivity index (χ2n) is 4.64. The highest BCUT2D eigenvalue weighted by Crippen LogP contribution is 2.23. The molecule has 0 radical (unpaired) electrons. The lowest BCUT2D eigenvalue weighted by atomic mass is 10.1. The minimum atomic E-state index is -0.515. The van der Waals surface area contributed by atoms with E-state index in [1.165, 1.54) is 0 Å². The van der Waals surface area contributed by atoms with Crippen LogP contribution in [0.5, 0.6) is 5.75 Å². The summed E-state index contributed by atoms with van der Waals surface area (Å²) in [4.78, 5) is 0. The summed E-state index contributed by atoms with van der Waals surface area (Å²) in [5.41, 5.74) is 0.840. The molecule has 0 spiro atoms. The highest BCUT2D eigenvalue weighted by atomic mass is 16.5. The van der Waals surface area contributed by atoms with Crippen molar-refractivity contribution in [3.63, 3.8) is 0 Å². The highest BCUT2D eigenvalue weighted by Gasteiger charge is 2.11. The van der Waals surface area contributed by atoms with Gasteiger partial charge in [-0.2, -0.15) is 0 Å². The van der Waals surface area contributed by atoms with Gasteiger partial charge in [0.2, 0.25) is 0 Å². The van der Waals surface area contributed by atoms with Crippen LogP contribution < -0.4 is 10.1 Å². The summed E-state index contributed by atoms with van der Waals surface area (Å²) < 4.78 is 5.22. The van der Waals surface area contributed by atoms with Crippen LogP contribution in [0.15, 0.2) is 24.3 Å². The fourth-order valence-electron chi connectivity index (χ4n) is 1.68. The smallest absolute Gasteiger partial charge is 0.124 e. The Morgan fingerprint density at radius 1 is 1.29 bits per heavy atom. The molecular formula is C14H23NO2. The Bertz CT molecular complexity index is 326. The molecule has 0 fully saturated rings. The lowest BCUT2D eigenvalue weighted by molar-refractivity contribution is 0.170. The molecule has 0 amide bonds. The zero-order valence-electron chi connectivity index (χ0n) is 10.9. The monoisotopic (exact) mass is 237 g/mol. The van der Waals surface area contributed by atoms with Crippen molar-refractivity contribution in [1.29, 1.82) is 0 Å². The van der Waals surface area contributed by atoms with Crippen LogP contribution in [0.25, 0.3) is 0 Å². The summed E-state index contributed by atoms with van der Waals surface area (Å²) in [6.45, 7) is 5.88. The average molecular weight is 237 g/mol. The summed E-state index contributed by atoms with van der Waals surface area (Å²) >= 11 is 0. The molecule has 3 nitrogen and oxygen atoms in total. The first-order chi connectivity index (χ1) is 8.15. The minimum absolute atomic E-state index is 0.515. The number of ether oxygens (including phenoxy) is 1. The molecule has 2 N–H and O–H groups in total. The number of hydrogen-bond donors (Lipinski definition) is 2. The van der Waals surface area contributed by atoms with Crippen molar-refractivity contribution >= 4 is 0 Å². The van der Waals surface area contributed by atoms with Gasteiger partial charge in [0.15, 0.2) is 0 Å². The molecule has 0 saturated heterocycles. The predicted octanol–water partition coefficient (Wildman–Crippen LogP) is 2.36. The van der Waals surface area contributed by atoms with Crippen LogP contribution in [-0.4, -0.2) is 25.3 Å². The number of nitrogens with one attached hydrogen (secondary N) is 1. The molecule has 1 unspecified atom stereocenters. The van der Waals surface area contributed by atoms with Gasteiger partial charge in [0, 0.05) is 12.1 Å². The molecular weight excluding hydrogens is 214 g/mol. The summed E-state index contributed by atoms with van der Waals surface area (Å²) in [5, 5.41) is 13.3. The van der Waals surface area contributed by atoms with Crippen LogP contribution in [0.4, 0.5) is 0 Å². The first-order valence-corrected chi connectivity index (χ1v) is 6.16. The summed E-state index contributed by atoms with van der Waals surface area (Å²) in [5.74, 6) is 1.43. The Labute approximate surface area is 104 Å². The Morgan fingerprint density at radius 3 is 2.65 bits per heavy atom. The molecule has 1 aromatic rings. The summed E-state index contributed by atoms with van der Waals surface area (Å²) in [6.07, 6.45) is 0.608. The van der Waals surface area contributed by atoms with Crippen LogP contribution in [0.3, 0.4) is 0 Å². The number of para-hydroxylation sites is 1. The van der Waals surface area contributed by atoms with E-state index in [2.05, 4.69) is 19.2 Å². The molecule has 1 atom stereocenters. The summed E-state index contributed by atoms with van der Waals surface area (Å²) in [7, 11) is 1.62. The molecule has 1 aromatic carbocycles. The Morgan fingerprint density at radius 2 is 2.00 bits per heavy atom. The lowest BCUT2D eigenvalue weighted by Crippen LogP contribution is -2.23. The van der Waals surface area contributed by atoms with E-state index < -0.39 is 6.10 Å². The van der Waals surface area contributed by atoms with Gasteiger partial charge < -0.3 is 15.2 Å². The first-order valence-electron chi connectivity index (χ1n) is 6.16. The maximum atomic E-state index is 10.1. The Kier molecular flexibility index (Phi) is 6.01. The molecule has 0 aliphatic carbocycles. The van der Waals surface area contributed by atoms with Crippen molar-refractivity contribution in [1.82, 2.24) is 5.32 Å². The third-order valence-electron chi connectivity index (χ3n) is 2.73. The van der Waals surface area contributed by atoms with Gasteiger partial charge in [-0.1, -0.05) is 32.0 Å². The van der Waals surface area contributed by atoms with Crippen molar-refractivity contribution < 1.29 is 9.84 Å². The number of methoxy groups -OCH3 is 1. The maximum absolute atomic E-state index is 10.1. The van der Waals surface area contributed by atoms with E-state index in [4.69, 9.17) is 4.74 Å². The highest BCUT2D eigenvalue weighted by molar-refractivity contribution is 5.35. The molecule has 0 bridgehead atoms. The van der Waals surface area contributed by atoms with Gasteiger partial charge in [0.1, 0.15) is 5.75 Å². The second kappa shape index (κ2) is 7.30. The predicted molar refractivity (Wildman–Crippen MR) is 70.3 cm³/mol. The van der Waals surface area contributed by atoms with Gasteiger partial charge in [0.05, 0.1) is 13.2 Å². The molecule has 96 valence electrons. The number of rotatable bonds is 7. The van der Waals surface area contributed by atoms with Gasteiger partial charge in [-0.05, 0) is 24.9 Å². The quantitative estimate of drug-likeness (QED) is 0.715. The van der Waals surface area contributed by atoms with Gasteiger partial charge in [-0.25, -0.2) is 0 Å². The van der Waals surface area contributed by atoms with Crippen LogP contribution in [0.2, 0.25) is 0 Å². The molecule has 1 rings (SSSR count). The molecule has 0 saturated carbocycles. The van der Waals surface area contributed by atoms with Crippen LogP contribution in [-0.2, 0) is 0 Å². The first kappa shape index (κ1) is 14.0. The number of hydrogen-bond acceptors (Lipinski definition) is 3. The van der Waals surface area contributed by atoms with E-state index in [0.717, 1.165) is 24.3 Å². The van der Waals surface area contributed by atoms with Gasteiger partial charge in [-0.15, -0.1) is 0 Å². The largest absolute Gasteiger partial charge is 0.496 e. The standard InChI is InChI=1S/C14H23NO2/c1-11(2)8-9-15-10-13(16)12-6-4-5-7-14(12)17-3/h4-7,11,13,15-16H,8-10H2,1-3H3. The second-order valence-corrected chi connectivity index (χ2v) is 4.64. The topological polar surface area (TPSA) is 41.5 Å². The van der Waals surface area contributed by atoms with Gasteiger partial charge >= 0.3 is 0 Å². The molecule has 0 heterocycles. The fraction of sp³-hybridized carbons (Fsp3) is 0.571. The van der Waals surface area contributed by atoms with Crippen LogP contribution >= 0.6 is 0 Å². The van der Waals surface area contributed by atoms with Gasteiger partial charge in [0.25, 0.3) is 0 Å². The average Bonchev–Trinajstić information content (AvgIpc) is 2.34. The molecule has 3 heteroatoms. The third-order valence-corrected chi connectivity index (χ3v) is 2.73. The van der Waals surface area contributed by atoms with Crippen molar-refractivity contribution in [3.05, 3.63) is 29.8 Å². The number of aliphatic hydroxyl groups is 1. The van der Waals surface area contributed by atoms with E-state index >= 15 is 0 Å². The van der Waals surface area contributed by atoms with E-state index in [1.807, 2.05) is 24.3 Å². The number of benzene rings is 1. The molecule has 17 heavy (non-hydrogen) atoms. The van der Waals surface area contributed by atoms with Crippen molar-refractivity contribution in [3.8, 4) is 5.75 Å². The summed E-state index contributed by atoms with van der Waals surface area (Å²) in [6, 6.07) is 7.58. The van der Waals surface area contributed by atoms with E-state index in [9.17, 15) is 5.11 Å². The van der Waals surface area contributed by atoms with Crippen LogP contribution in [0.1, 0.15) is 31.9 Å². The SMILES string of the molecule is COc1ccccc1C(O)CNCCC(C)C. The Hall–Kier alpha value is -1.06. The van der Waals surface area contributed by atoms with Crippen molar-refractivity contribution in [2.75, 3.05) is 20.2 Å². The third kappa shape index (κ3) is 4.75. The van der Waals surface area contributed by atoms with Crippen LogP contribution in [0, 0.1) is 5.92 Å². The molecule has 0 aromatic heterocycles. The van der Waals surface area contributed by atoms with E-state index in [1.54, 1.807) is 7.11 Å². The van der Waals surface area contributed by atoms with Crippen molar-refractivity contribution in [2.45, 2.75) is 26.4 Å². The van der Waals surface area contributed by atoms with Crippen molar-refractivity contribution in [2.24, 2.45) is 5.92 Å².